The van der Waals surface area contributed by atoms with Crippen molar-refractivity contribution in [3.05, 3.63) is 89.5 Å². The number of hydrogen-bond acceptors (Lipinski definition) is 5. The highest BCUT2D eigenvalue weighted by Gasteiger charge is 2.20. The molecule has 31 heavy (non-hydrogen) atoms. The molecule has 0 bridgehead atoms. The Kier molecular flexibility index (Phi) is 7.27. The monoisotopic (exact) mass is 419 g/mol. The molecule has 3 aromatic rings. The third-order valence-corrected chi connectivity index (χ3v) is 4.74. The molecule has 0 heterocycles. The van der Waals surface area contributed by atoms with Crippen molar-refractivity contribution in [3.63, 3.8) is 0 Å². The lowest BCUT2D eigenvalue weighted by atomic mass is 10.1. The van der Waals surface area contributed by atoms with Crippen molar-refractivity contribution in [1.29, 1.82) is 0 Å². The van der Waals surface area contributed by atoms with Gasteiger partial charge in [-0.1, -0.05) is 42.5 Å². The van der Waals surface area contributed by atoms with Gasteiger partial charge >= 0.3 is 5.97 Å². The quantitative estimate of drug-likeness (QED) is 0.506. The molecule has 0 aromatic heterocycles. The number of rotatable bonds is 8. The van der Waals surface area contributed by atoms with Crippen LogP contribution in [0.15, 0.2) is 72.8 Å². The van der Waals surface area contributed by atoms with Gasteiger partial charge in [-0.3, -0.25) is 4.79 Å². The molecule has 160 valence electrons. The second-order valence-corrected chi connectivity index (χ2v) is 6.95. The van der Waals surface area contributed by atoms with Crippen molar-refractivity contribution < 1.29 is 23.8 Å². The van der Waals surface area contributed by atoms with E-state index in [0.717, 1.165) is 16.8 Å². The maximum Gasteiger partial charge on any atom is 0.338 e. The molecule has 0 aliphatic heterocycles. The summed E-state index contributed by atoms with van der Waals surface area (Å²) in [6.45, 7) is 1.96. The predicted octanol–water partition coefficient (Wildman–Crippen LogP) is 4.40. The number of methoxy groups -OCH3 is 2. The lowest BCUT2D eigenvalue weighted by Gasteiger charge is -2.23. The van der Waals surface area contributed by atoms with Crippen LogP contribution in [0.2, 0.25) is 0 Å². The number of carbonyl (C=O) groups excluding carboxylic acids is 2. The van der Waals surface area contributed by atoms with Gasteiger partial charge in [0.15, 0.2) is 18.1 Å². The minimum absolute atomic E-state index is 0.274. The normalized spacial score (nSPS) is 10.3. The van der Waals surface area contributed by atoms with E-state index in [-0.39, 0.29) is 18.1 Å². The Morgan fingerprint density at radius 3 is 2.26 bits per heavy atom. The first-order valence-electron chi connectivity index (χ1n) is 9.82. The Hall–Kier alpha value is -3.80. The van der Waals surface area contributed by atoms with Crippen LogP contribution in [-0.2, 0) is 16.1 Å². The van der Waals surface area contributed by atoms with Crippen LogP contribution >= 0.6 is 0 Å². The number of carbonyl (C=O) groups is 2. The highest BCUT2D eigenvalue weighted by molar-refractivity contribution is 5.97. The van der Waals surface area contributed by atoms with Gasteiger partial charge < -0.3 is 19.1 Å². The molecule has 0 saturated heterocycles. The Morgan fingerprint density at radius 2 is 1.58 bits per heavy atom. The van der Waals surface area contributed by atoms with E-state index in [0.29, 0.717) is 18.0 Å². The van der Waals surface area contributed by atoms with Crippen molar-refractivity contribution >= 4 is 17.6 Å². The van der Waals surface area contributed by atoms with Crippen LogP contribution in [0.4, 0.5) is 5.69 Å². The molecular weight excluding hydrogens is 394 g/mol. The number of benzene rings is 3. The van der Waals surface area contributed by atoms with E-state index >= 15 is 0 Å². The van der Waals surface area contributed by atoms with Crippen molar-refractivity contribution in [2.45, 2.75) is 13.5 Å². The molecular formula is C25H25NO5. The van der Waals surface area contributed by atoms with Crippen LogP contribution in [-0.4, -0.2) is 32.7 Å². The molecule has 0 radical (unpaired) electrons. The number of nitrogens with zero attached hydrogens (tertiary/aromatic N) is 1. The fourth-order valence-corrected chi connectivity index (χ4v) is 3.14. The third kappa shape index (κ3) is 5.63. The molecule has 0 aliphatic rings. The first-order chi connectivity index (χ1) is 15.0. The van der Waals surface area contributed by atoms with Gasteiger partial charge in [0.25, 0.3) is 5.91 Å². The van der Waals surface area contributed by atoms with E-state index in [4.69, 9.17) is 14.2 Å². The van der Waals surface area contributed by atoms with Gasteiger partial charge in [-0.05, 0) is 48.4 Å². The summed E-state index contributed by atoms with van der Waals surface area (Å²) in [5, 5.41) is 0. The molecule has 3 rings (SSSR count). The average molecular weight is 419 g/mol. The Bertz CT molecular complexity index is 1050. The minimum atomic E-state index is -0.613. The Morgan fingerprint density at radius 1 is 0.839 bits per heavy atom. The smallest absolute Gasteiger partial charge is 0.338 e. The van der Waals surface area contributed by atoms with Crippen molar-refractivity contribution in [2.75, 3.05) is 25.7 Å². The number of amides is 1. The van der Waals surface area contributed by atoms with Gasteiger partial charge in [0.2, 0.25) is 0 Å². The molecule has 3 aromatic carbocycles. The van der Waals surface area contributed by atoms with Crippen LogP contribution in [0.5, 0.6) is 11.5 Å². The highest BCUT2D eigenvalue weighted by Crippen LogP contribution is 2.28. The standard InChI is InChI=1S/C25H25NO5/c1-18-8-7-11-21(14-18)26(16-19-9-5-4-6-10-19)24(27)17-31-25(28)20-12-13-22(29-2)23(15-20)30-3/h4-15H,16-17H2,1-3H3. The molecule has 1 amide bonds. The van der Waals surface area contributed by atoms with Crippen LogP contribution in [0.25, 0.3) is 0 Å². The van der Waals surface area contributed by atoms with Crippen LogP contribution in [0.3, 0.4) is 0 Å². The summed E-state index contributed by atoms with van der Waals surface area (Å²) >= 11 is 0. The van der Waals surface area contributed by atoms with Gasteiger partial charge in [0.05, 0.1) is 26.3 Å². The Labute approximate surface area is 182 Å². The van der Waals surface area contributed by atoms with Crippen LogP contribution in [0.1, 0.15) is 21.5 Å². The molecule has 0 spiro atoms. The fourth-order valence-electron chi connectivity index (χ4n) is 3.14. The predicted molar refractivity (Wildman–Crippen MR) is 119 cm³/mol. The van der Waals surface area contributed by atoms with E-state index in [1.165, 1.54) is 20.3 Å². The number of aryl methyl sites for hydroxylation is 1. The first kappa shape index (κ1) is 21.9. The zero-order valence-electron chi connectivity index (χ0n) is 17.8. The summed E-state index contributed by atoms with van der Waals surface area (Å²) < 4.78 is 15.7. The molecule has 0 saturated carbocycles. The second-order valence-electron chi connectivity index (χ2n) is 6.95. The topological polar surface area (TPSA) is 65.1 Å². The van der Waals surface area contributed by atoms with Gasteiger partial charge in [0, 0.05) is 5.69 Å². The molecule has 0 atom stereocenters. The first-order valence-corrected chi connectivity index (χ1v) is 9.82. The molecule has 6 nitrogen and oxygen atoms in total. The van der Waals surface area contributed by atoms with Gasteiger partial charge in [0.1, 0.15) is 0 Å². The molecule has 0 aliphatic carbocycles. The number of esters is 1. The van der Waals surface area contributed by atoms with E-state index in [1.807, 2.05) is 61.5 Å². The number of hydrogen-bond donors (Lipinski definition) is 0. The fraction of sp³-hybridized carbons (Fsp3) is 0.200. The summed E-state index contributed by atoms with van der Waals surface area (Å²) in [7, 11) is 3.00. The second kappa shape index (κ2) is 10.3. The van der Waals surface area contributed by atoms with Crippen molar-refractivity contribution in [1.82, 2.24) is 0 Å². The van der Waals surface area contributed by atoms with E-state index < -0.39 is 5.97 Å². The van der Waals surface area contributed by atoms with E-state index in [9.17, 15) is 9.59 Å². The van der Waals surface area contributed by atoms with Crippen LogP contribution in [0, 0.1) is 6.92 Å². The summed E-state index contributed by atoms with van der Waals surface area (Å²) in [6, 6.07) is 22.0. The third-order valence-electron chi connectivity index (χ3n) is 4.74. The number of anilines is 1. The van der Waals surface area contributed by atoms with Crippen molar-refractivity contribution in [2.24, 2.45) is 0 Å². The molecule has 0 N–H and O–H groups in total. The minimum Gasteiger partial charge on any atom is -0.493 e. The largest absolute Gasteiger partial charge is 0.493 e. The zero-order chi connectivity index (χ0) is 22.2. The van der Waals surface area contributed by atoms with Gasteiger partial charge in [-0.15, -0.1) is 0 Å². The van der Waals surface area contributed by atoms with Crippen molar-refractivity contribution in [3.8, 4) is 11.5 Å². The summed E-state index contributed by atoms with van der Waals surface area (Å²) in [4.78, 5) is 27.1. The summed E-state index contributed by atoms with van der Waals surface area (Å²) in [6.07, 6.45) is 0. The van der Waals surface area contributed by atoms with E-state index in [2.05, 4.69) is 0 Å². The molecule has 6 heteroatoms. The van der Waals surface area contributed by atoms with Gasteiger partial charge in [-0.25, -0.2) is 4.79 Å². The van der Waals surface area contributed by atoms with Gasteiger partial charge in [-0.2, -0.15) is 0 Å². The molecule has 0 fully saturated rings. The maximum absolute atomic E-state index is 13.0. The van der Waals surface area contributed by atoms with Crippen LogP contribution < -0.4 is 14.4 Å². The maximum atomic E-state index is 13.0. The van der Waals surface area contributed by atoms with E-state index in [1.54, 1.807) is 17.0 Å². The lowest BCUT2D eigenvalue weighted by Crippen LogP contribution is -2.34. The zero-order valence-corrected chi connectivity index (χ0v) is 17.8. The Balaban J connectivity index is 1.75. The molecule has 0 unspecified atom stereocenters. The summed E-state index contributed by atoms with van der Waals surface area (Å²) in [5.41, 5.74) is 3.03. The average Bonchev–Trinajstić information content (AvgIpc) is 2.80. The lowest BCUT2D eigenvalue weighted by molar-refractivity contribution is -0.121. The SMILES string of the molecule is COc1ccc(C(=O)OCC(=O)N(Cc2ccccc2)c2cccc(C)c2)cc1OC. The summed E-state index contributed by atoms with van der Waals surface area (Å²) in [5.74, 6) is -0.0150. The number of ether oxygens (including phenoxy) is 3. The highest BCUT2D eigenvalue weighted by atomic mass is 16.5.